The lowest BCUT2D eigenvalue weighted by molar-refractivity contribution is -0.123. The number of amides is 2. The molecule has 1 N–H and O–H groups in total. The first-order valence-corrected chi connectivity index (χ1v) is 9.81. The minimum absolute atomic E-state index is 0.200. The van der Waals surface area contributed by atoms with E-state index in [9.17, 15) is 9.59 Å². The number of fused-ring (bicyclic) bond motifs is 1. The highest BCUT2D eigenvalue weighted by atomic mass is 35.5. The summed E-state index contributed by atoms with van der Waals surface area (Å²) in [7, 11) is 3.34. The van der Waals surface area contributed by atoms with E-state index in [-0.39, 0.29) is 12.5 Å². The molecule has 3 rings (SSSR count). The van der Waals surface area contributed by atoms with Crippen molar-refractivity contribution in [3.05, 3.63) is 50.9 Å². The Balaban J connectivity index is 1.70. The van der Waals surface area contributed by atoms with Crippen molar-refractivity contribution in [2.24, 2.45) is 5.10 Å². The van der Waals surface area contributed by atoms with E-state index in [4.69, 9.17) is 32.4 Å². The van der Waals surface area contributed by atoms with Gasteiger partial charge >= 0.3 is 0 Å². The van der Waals surface area contributed by atoms with Crippen molar-refractivity contribution in [1.29, 1.82) is 0 Å². The molecule has 0 unspecified atom stereocenters. The van der Waals surface area contributed by atoms with Gasteiger partial charge in [0.15, 0.2) is 12.4 Å². The van der Waals surface area contributed by atoms with Crippen molar-refractivity contribution in [1.82, 2.24) is 10.3 Å². The molecule has 154 valence electrons. The van der Waals surface area contributed by atoms with Crippen molar-refractivity contribution in [2.75, 3.05) is 20.7 Å². The van der Waals surface area contributed by atoms with Crippen LogP contribution in [0.3, 0.4) is 0 Å². The van der Waals surface area contributed by atoms with Gasteiger partial charge in [0.05, 0.1) is 10.7 Å². The average molecular weight is 438 g/mol. The molecule has 1 aromatic carbocycles. The van der Waals surface area contributed by atoms with Crippen molar-refractivity contribution < 1.29 is 18.7 Å². The van der Waals surface area contributed by atoms with E-state index in [1.165, 1.54) is 11.0 Å². The Morgan fingerprint density at radius 1 is 1.28 bits per heavy atom. The minimum atomic E-state index is -0.429. The molecular weight excluding hydrogens is 417 g/mol. The SMILES string of the molecule is Cc1c(C(=O)N(C)C)oc2c1/C(=N/NC(=O)COc1ccc(Cl)cc1Cl)CCC2. The van der Waals surface area contributed by atoms with Crippen molar-refractivity contribution >= 4 is 40.7 Å². The van der Waals surface area contributed by atoms with Crippen LogP contribution in [0.1, 0.15) is 40.3 Å². The summed E-state index contributed by atoms with van der Waals surface area (Å²) in [6.45, 7) is 1.58. The smallest absolute Gasteiger partial charge is 0.289 e. The van der Waals surface area contributed by atoms with Gasteiger partial charge in [-0.05, 0) is 38.0 Å². The number of furan rings is 1. The number of rotatable bonds is 5. The Hall–Kier alpha value is -2.51. The highest BCUT2D eigenvalue weighted by Crippen LogP contribution is 2.30. The normalized spacial score (nSPS) is 14.4. The van der Waals surface area contributed by atoms with Gasteiger partial charge in [0.1, 0.15) is 11.5 Å². The second kappa shape index (κ2) is 8.88. The lowest BCUT2D eigenvalue weighted by Crippen LogP contribution is -2.27. The third-order valence-corrected chi connectivity index (χ3v) is 5.02. The Morgan fingerprint density at radius 2 is 2.03 bits per heavy atom. The molecule has 0 saturated heterocycles. The summed E-state index contributed by atoms with van der Waals surface area (Å²) in [6.07, 6.45) is 2.22. The first kappa shape index (κ1) is 21.2. The molecule has 29 heavy (non-hydrogen) atoms. The first-order chi connectivity index (χ1) is 13.8. The number of hydrogen-bond acceptors (Lipinski definition) is 5. The molecule has 0 spiro atoms. The molecule has 1 heterocycles. The molecule has 0 atom stereocenters. The number of ether oxygens (including phenoxy) is 1. The number of nitrogens with zero attached hydrogens (tertiary/aromatic N) is 2. The highest BCUT2D eigenvalue weighted by Gasteiger charge is 2.28. The van der Waals surface area contributed by atoms with Crippen molar-refractivity contribution in [3.8, 4) is 5.75 Å². The van der Waals surface area contributed by atoms with Crippen LogP contribution >= 0.6 is 23.2 Å². The van der Waals surface area contributed by atoms with Crippen LogP contribution in [0.15, 0.2) is 27.7 Å². The highest BCUT2D eigenvalue weighted by molar-refractivity contribution is 6.35. The third kappa shape index (κ3) is 4.74. The van der Waals surface area contributed by atoms with Crippen LogP contribution in [0.2, 0.25) is 10.0 Å². The van der Waals surface area contributed by atoms with E-state index in [0.717, 1.165) is 29.7 Å². The molecule has 7 nitrogen and oxygen atoms in total. The van der Waals surface area contributed by atoms with Gasteiger partial charge in [-0.15, -0.1) is 0 Å². The van der Waals surface area contributed by atoms with Crippen LogP contribution in [0.5, 0.6) is 5.75 Å². The quantitative estimate of drug-likeness (QED) is 0.720. The molecule has 1 aliphatic carbocycles. The van der Waals surface area contributed by atoms with Crippen LogP contribution in [0.25, 0.3) is 0 Å². The summed E-state index contributed by atoms with van der Waals surface area (Å²) >= 11 is 11.9. The van der Waals surface area contributed by atoms with Gasteiger partial charge in [-0.25, -0.2) is 5.43 Å². The first-order valence-electron chi connectivity index (χ1n) is 9.05. The predicted molar refractivity (Wildman–Crippen MR) is 111 cm³/mol. The fourth-order valence-electron chi connectivity index (χ4n) is 3.08. The van der Waals surface area contributed by atoms with Crippen LogP contribution in [0, 0.1) is 6.92 Å². The van der Waals surface area contributed by atoms with E-state index in [1.54, 1.807) is 26.2 Å². The molecule has 9 heteroatoms. The zero-order valence-electron chi connectivity index (χ0n) is 16.3. The maximum absolute atomic E-state index is 12.3. The Labute approximate surface area is 178 Å². The number of aryl methyl sites for hydroxylation is 1. The summed E-state index contributed by atoms with van der Waals surface area (Å²) in [4.78, 5) is 25.9. The topological polar surface area (TPSA) is 84.1 Å². The molecule has 1 aliphatic rings. The van der Waals surface area contributed by atoms with Gasteiger partial charge in [0.2, 0.25) is 0 Å². The summed E-state index contributed by atoms with van der Waals surface area (Å²) in [5.41, 5.74) is 4.71. The number of benzene rings is 1. The fourth-order valence-corrected chi connectivity index (χ4v) is 3.55. The molecule has 0 aliphatic heterocycles. The van der Waals surface area contributed by atoms with Crippen molar-refractivity contribution in [2.45, 2.75) is 26.2 Å². The maximum atomic E-state index is 12.3. The largest absolute Gasteiger partial charge is 0.482 e. The zero-order chi connectivity index (χ0) is 21.1. The van der Waals surface area contributed by atoms with Gasteiger partial charge in [0, 0.05) is 36.7 Å². The maximum Gasteiger partial charge on any atom is 0.289 e. The van der Waals surface area contributed by atoms with Crippen LogP contribution in [-0.4, -0.2) is 43.1 Å². The molecule has 0 fully saturated rings. The molecule has 1 aromatic heterocycles. The number of carbonyl (C=O) groups is 2. The summed E-state index contributed by atoms with van der Waals surface area (Å²) in [5, 5.41) is 5.05. The fraction of sp³-hybridized carbons (Fsp3) is 0.350. The van der Waals surface area contributed by atoms with E-state index < -0.39 is 5.91 Å². The number of hydrazone groups is 1. The lowest BCUT2D eigenvalue weighted by Gasteiger charge is -2.13. The Morgan fingerprint density at radius 3 is 2.72 bits per heavy atom. The number of nitrogens with one attached hydrogen (secondary N) is 1. The molecule has 0 bridgehead atoms. The standard InChI is InChI=1S/C20H21Cl2N3O4/c1-11-18-14(5-4-6-16(18)29-19(11)20(27)25(2)3)23-24-17(26)10-28-15-8-7-12(21)9-13(15)22/h7-9H,4-6,10H2,1-3H3,(H,24,26)/b23-14+. The van der Waals surface area contributed by atoms with Gasteiger partial charge in [-0.3, -0.25) is 9.59 Å². The monoisotopic (exact) mass is 437 g/mol. The molecular formula is C20H21Cl2N3O4. The van der Waals surface area contributed by atoms with Gasteiger partial charge in [0.25, 0.3) is 11.8 Å². The third-order valence-electron chi connectivity index (χ3n) is 4.49. The lowest BCUT2D eigenvalue weighted by atomic mass is 9.93. The summed E-state index contributed by atoms with van der Waals surface area (Å²) < 4.78 is 11.2. The van der Waals surface area contributed by atoms with E-state index in [0.29, 0.717) is 33.7 Å². The molecule has 0 saturated carbocycles. The molecule has 0 radical (unpaired) electrons. The second-order valence-corrected chi connectivity index (χ2v) is 7.71. The summed E-state index contributed by atoms with van der Waals surface area (Å²) in [6, 6.07) is 4.75. The predicted octanol–water partition coefficient (Wildman–Crippen LogP) is 3.83. The van der Waals surface area contributed by atoms with E-state index in [2.05, 4.69) is 10.5 Å². The van der Waals surface area contributed by atoms with E-state index in [1.807, 2.05) is 6.92 Å². The number of hydrogen-bond donors (Lipinski definition) is 1. The van der Waals surface area contributed by atoms with Crippen LogP contribution in [-0.2, 0) is 11.2 Å². The number of halogens is 2. The second-order valence-electron chi connectivity index (χ2n) is 6.86. The number of carbonyl (C=O) groups excluding carboxylic acids is 2. The average Bonchev–Trinajstić information content (AvgIpc) is 3.02. The zero-order valence-corrected chi connectivity index (χ0v) is 17.9. The van der Waals surface area contributed by atoms with Gasteiger partial charge < -0.3 is 14.1 Å². The Bertz CT molecular complexity index is 982. The summed E-state index contributed by atoms with van der Waals surface area (Å²) in [5.74, 6) is 0.754. The molecule has 2 aromatic rings. The van der Waals surface area contributed by atoms with Crippen LogP contribution < -0.4 is 10.2 Å². The van der Waals surface area contributed by atoms with Crippen LogP contribution in [0.4, 0.5) is 0 Å². The molecule has 2 amide bonds. The minimum Gasteiger partial charge on any atom is -0.482 e. The van der Waals surface area contributed by atoms with Gasteiger partial charge in [-0.2, -0.15) is 5.10 Å². The van der Waals surface area contributed by atoms with Crippen molar-refractivity contribution in [3.63, 3.8) is 0 Å². The van der Waals surface area contributed by atoms with E-state index >= 15 is 0 Å². The Kier molecular flexibility index (Phi) is 6.49. The van der Waals surface area contributed by atoms with Gasteiger partial charge in [-0.1, -0.05) is 23.2 Å².